The summed E-state index contributed by atoms with van der Waals surface area (Å²) in [6.07, 6.45) is 8.57. The van der Waals surface area contributed by atoms with Crippen LogP contribution < -0.4 is 10.9 Å². The van der Waals surface area contributed by atoms with Crippen molar-refractivity contribution < 1.29 is 4.79 Å². The van der Waals surface area contributed by atoms with Crippen molar-refractivity contribution in [2.75, 3.05) is 26.2 Å². The molecule has 1 saturated carbocycles. The highest BCUT2D eigenvalue weighted by molar-refractivity contribution is 5.82. The number of hydrogen-bond acceptors (Lipinski definition) is 4. The minimum absolute atomic E-state index is 0.0107. The molecular weight excluding hydrogens is 336 g/mol. The van der Waals surface area contributed by atoms with Gasteiger partial charge in [-0.1, -0.05) is 37.1 Å². The molecule has 2 aliphatic carbocycles. The molecule has 2 N–H and O–H groups in total. The second kappa shape index (κ2) is 7.53. The van der Waals surface area contributed by atoms with Crippen molar-refractivity contribution >= 4 is 5.91 Å². The standard InChI is InChI=1S/C22H32N4O/c27-22(21-19-7-3-4-8-20(19)23-24-21)26-13-11-25(12-14-26)18-10-9-16-5-1-2-6-17(16)15-18/h1-2,5-6,18-21,23-24H,3-4,7-15H2. The first kappa shape index (κ1) is 17.7. The van der Waals surface area contributed by atoms with Crippen LogP contribution in [0, 0.1) is 5.92 Å². The van der Waals surface area contributed by atoms with Gasteiger partial charge in [0.1, 0.15) is 6.04 Å². The van der Waals surface area contributed by atoms with Crippen LogP contribution >= 0.6 is 0 Å². The summed E-state index contributed by atoms with van der Waals surface area (Å²) in [6.45, 7) is 3.80. The number of aryl methyl sites for hydroxylation is 1. The van der Waals surface area contributed by atoms with Gasteiger partial charge >= 0.3 is 0 Å². The van der Waals surface area contributed by atoms with Gasteiger partial charge in [-0.3, -0.25) is 15.1 Å². The maximum atomic E-state index is 13.1. The molecule has 5 nitrogen and oxygen atoms in total. The molecule has 0 bridgehead atoms. The number of fused-ring (bicyclic) bond motifs is 2. The highest BCUT2D eigenvalue weighted by Crippen LogP contribution is 2.31. The number of piperazine rings is 1. The van der Waals surface area contributed by atoms with Gasteiger partial charge in [0.05, 0.1) is 0 Å². The first-order valence-corrected chi connectivity index (χ1v) is 10.9. The molecule has 2 aliphatic heterocycles. The van der Waals surface area contributed by atoms with Gasteiger partial charge in [0, 0.05) is 44.2 Å². The summed E-state index contributed by atoms with van der Waals surface area (Å²) in [5.74, 6) is 0.810. The normalized spacial score (nSPS) is 34.1. The summed E-state index contributed by atoms with van der Waals surface area (Å²) in [7, 11) is 0. The van der Waals surface area contributed by atoms with Crippen LogP contribution in [0.1, 0.15) is 43.2 Å². The lowest BCUT2D eigenvalue weighted by molar-refractivity contribution is -0.136. The molecule has 4 unspecified atom stereocenters. The van der Waals surface area contributed by atoms with Crippen LogP contribution in [0.5, 0.6) is 0 Å². The molecule has 1 amide bonds. The largest absolute Gasteiger partial charge is 0.339 e. The van der Waals surface area contributed by atoms with Crippen molar-refractivity contribution in [3.05, 3.63) is 35.4 Å². The Morgan fingerprint density at radius 3 is 2.56 bits per heavy atom. The Balaban J connectivity index is 1.17. The smallest absolute Gasteiger partial charge is 0.241 e. The Hall–Kier alpha value is -1.43. The van der Waals surface area contributed by atoms with Crippen LogP contribution in [0.25, 0.3) is 0 Å². The van der Waals surface area contributed by atoms with Crippen molar-refractivity contribution in [2.45, 2.75) is 63.1 Å². The molecule has 5 rings (SSSR count). The lowest BCUT2D eigenvalue weighted by Crippen LogP contribution is -2.57. The second-order valence-corrected chi connectivity index (χ2v) is 8.85. The number of nitrogens with one attached hydrogen (secondary N) is 2. The van der Waals surface area contributed by atoms with Crippen molar-refractivity contribution in [3.63, 3.8) is 0 Å². The summed E-state index contributed by atoms with van der Waals surface area (Å²) >= 11 is 0. The quantitative estimate of drug-likeness (QED) is 0.835. The third kappa shape index (κ3) is 3.41. The van der Waals surface area contributed by atoms with E-state index in [1.165, 1.54) is 56.1 Å². The van der Waals surface area contributed by atoms with Crippen molar-refractivity contribution in [3.8, 4) is 0 Å². The molecule has 2 heterocycles. The third-order valence-corrected chi connectivity index (χ3v) is 7.40. The first-order valence-electron chi connectivity index (χ1n) is 10.9. The van der Waals surface area contributed by atoms with E-state index in [-0.39, 0.29) is 6.04 Å². The van der Waals surface area contributed by atoms with E-state index in [9.17, 15) is 4.79 Å². The molecule has 1 aromatic carbocycles. The molecule has 0 spiro atoms. The molecule has 146 valence electrons. The number of carbonyl (C=O) groups excluding carboxylic acids is 1. The van der Waals surface area contributed by atoms with E-state index >= 15 is 0 Å². The zero-order chi connectivity index (χ0) is 18.2. The van der Waals surface area contributed by atoms with E-state index in [0.29, 0.717) is 23.9 Å². The lowest BCUT2D eigenvalue weighted by atomic mass is 9.81. The molecule has 4 atom stereocenters. The van der Waals surface area contributed by atoms with Crippen LogP contribution in [0.15, 0.2) is 24.3 Å². The number of benzene rings is 1. The highest BCUT2D eigenvalue weighted by atomic mass is 16.2. The number of carbonyl (C=O) groups is 1. The van der Waals surface area contributed by atoms with Gasteiger partial charge in [-0.15, -0.1) is 0 Å². The monoisotopic (exact) mass is 368 g/mol. The van der Waals surface area contributed by atoms with E-state index in [2.05, 4.69) is 44.9 Å². The van der Waals surface area contributed by atoms with Gasteiger partial charge in [0.2, 0.25) is 5.91 Å². The summed E-state index contributed by atoms with van der Waals surface area (Å²) in [4.78, 5) is 17.8. The van der Waals surface area contributed by atoms with Gasteiger partial charge in [-0.05, 0) is 43.2 Å². The zero-order valence-electron chi connectivity index (χ0n) is 16.2. The fourth-order valence-electron chi connectivity index (χ4n) is 5.78. The Kier molecular flexibility index (Phi) is 4.92. The predicted molar refractivity (Wildman–Crippen MR) is 106 cm³/mol. The summed E-state index contributed by atoms with van der Waals surface area (Å²) in [5.41, 5.74) is 9.77. The first-order chi connectivity index (χ1) is 13.3. The average molecular weight is 369 g/mol. The van der Waals surface area contributed by atoms with Crippen molar-refractivity contribution in [1.29, 1.82) is 0 Å². The molecule has 0 radical (unpaired) electrons. The minimum Gasteiger partial charge on any atom is -0.339 e. The second-order valence-electron chi connectivity index (χ2n) is 8.85. The Labute approximate surface area is 162 Å². The van der Waals surface area contributed by atoms with Crippen molar-refractivity contribution in [1.82, 2.24) is 20.7 Å². The van der Waals surface area contributed by atoms with E-state index in [1.807, 2.05) is 0 Å². The van der Waals surface area contributed by atoms with Crippen molar-refractivity contribution in [2.24, 2.45) is 5.92 Å². The van der Waals surface area contributed by atoms with Gasteiger partial charge < -0.3 is 4.90 Å². The zero-order valence-corrected chi connectivity index (χ0v) is 16.2. The van der Waals surface area contributed by atoms with Crippen LogP contribution in [0.3, 0.4) is 0 Å². The van der Waals surface area contributed by atoms with E-state index in [1.54, 1.807) is 0 Å². The molecule has 2 saturated heterocycles. The molecule has 1 aromatic rings. The van der Waals surface area contributed by atoms with Gasteiger partial charge in [-0.2, -0.15) is 0 Å². The Morgan fingerprint density at radius 1 is 0.926 bits per heavy atom. The Morgan fingerprint density at radius 2 is 1.70 bits per heavy atom. The van der Waals surface area contributed by atoms with Gasteiger partial charge in [0.25, 0.3) is 0 Å². The number of hydrogen-bond donors (Lipinski definition) is 2. The summed E-state index contributed by atoms with van der Waals surface area (Å²) in [5, 5.41) is 0. The number of amides is 1. The van der Waals surface area contributed by atoms with Crippen LogP contribution in [0.2, 0.25) is 0 Å². The van der Waals surface area contributed by atoms with Gasteiger partial charge in [-0.25, -0.2) is 5.43 Å². The lowest BCUT2D eigenvalue weighted by Gasteiger charge is -2.42. The summed E-state index contributed by atoms with van der Waals surface area (Å²) in [6, 6.07) is 10.0. The number of nitrogens with zero attached hydrogens (tertiary/aromatic N) is 2. The maximum Gasteiger partial charge on any atom is 0.241 e. The Bertz CT molecular complexity index is 685. The van der Waals surface area contributed by atoms with E-state index < -0.39 is 0 Å². The SMILES string of the molecule is O=C(C1NNC2CCCCC21)N1CCN(C2CCc3ccccc3C2)CC1. The predicted octanol–water partition coefficient (Wildman–Crippen LogP) is 1.72. The topological polar surface area (TPSA) is 47.6 Å². The minimum atomic E-state index is -0.0107. The van der Waals surface area contributed by atoms with Crippen LogP contribution in [-0.2, 0) is 17.6 Å². The van der Waals surface area contributed by atoms with E-state index in [4.69, 9.17) is 0 Å². The molecule has 5 heteroatoms. The molecular formula is C22H32N4O. The molecule has 27 heavy (non-hydrogen) atoms. The fraction of sp³-hybridized carbons (Fsp3) is 0.682. The van der Waals surface area contributed by atoms with Crippen LogP contribution in [0.4, 0.5) is 0 Å². The number of rotatable bonds is 2. The molecule has 0 aromatic heterocycles. The average Bonchev–Trinajstić information content (AvgIpc) is 3.17. The third-order valence-electron chi connectivity index (χ3n) is 7.40. The summed E-state index contributed by atoms with van der Waals surface area (Å²) < 4.78 is 0. The molecule has 3 fully saturated rings. The van der Waals surface area contributed by atoms with E-state index in [0.717, 1.165) is 26.2 Å². The van der Waals surface area contributed by atoms with Gasteiger partial charge in [0.15, 0.2) is 0 Å². The fourth-order valence-corrected chi connectivity index (χ4v) is 5.78. The number of hydrazine groups is 1. The van der Waals surface area contributed by atoms with Crippen LogP contribution in [-0.4, -0.2) is 60.0 Å². The maximum absolute atomic E-state index is 13.1. The highest BCUT2D eigenvalue weighted by Gasteiger charge is 2.43. The molecule has 4 aliphatic rings.